The first-order valence-electron chi connectivity index (χ1n) is 5.01. The van der Waals surface area contributed by atoms with Crippen molar-refractivity contribution in [3.8, 4) is 0 Å². The van der Waals surface area contributed by atoms with Crippen molar-refractivity contribution in [3.63, 3.8) is 0 Å². The lowest BCUT2D eigenvalue weighted by Gasteiger charge is -2.29. The van der Waals surface area contributed by atoms with Gasteiger partial charge in [-0.05, 0) is 38.1 Å². The van der Waals surface area contributed by atoms with Crippen LogP contribution in [0.5, 0.6) is 0 Å². The first-order valence-corrected chi connectivity index (χ1v) is 5.01. The van der Waals surface area contributed by atoms with Gasteiger partial charge in [-0.15, -0.1) is 0 Å². The van der Waals surface area contributed by atoms with E-state index in [2.05, 4.69) is 11.9 Å². The number of nitrogens with zero attached hydrogens (tertiary/aromatic N) is 1. The quantitative estimate of drug-likeness (QED) is 0.587. The van der Waals surface area contributed by atoms with Crippen LogP contribution in [0.4, 0.5) is 0 Å². The molecule has 0 bridgehead atoms. The molecule has 0 radical (unpaired) electrons. The molecule has 0 aromatic carbocycles. The Kier molecular flexibility index (Phi) is 2.37. The lowest BCUT2D eigenvalue weighted by molar-refractivity contribution is 0.0409. The van der Waals surface area contributed by atoms with Gasteiger partial charge in [-0.2, -0.15) is 0 Å². The van der Waals surface area contributed by atoms with Crippen molar-refractivity contribution in [2.24, 2.45) is 11.8 Å². The largest absolute Gasteiger partial charge is 0.381 e. The van der Waals surface area contributed by atoms with Crippen molar-refractivity contribution in [2.75, 3.05) is 27.2 Å². The third kappa shape index (κ3) is 1.50. The van der Waals surface area contributed by atoms with Crippen LogP contribution in [0.2, 0.25) is 0 Å². The molecule has 1 unspecified atom stereocenters. The highest BCUT2D eigenvalue weighted by molar-refractivity contribution is 4.88. The summed E-state index contributed by atoms with van der Waals surface area (Å²) in [4.78, 5) is 2.47. The summed E-state index contributed by atoms with van der Waals surface area (Å²) in [6.45, 7) is 2.62. The van der Waals surface area contributed by atoms with Crippen LogP contribution < -0.4 is 0 Å². The summed E-state index contributed by atoms with van der Waals surface area (Å²) >= 11 is 0. The van der Waals surface area contributed by atoms with Gasteiger partial charge < -0.3 is 9.64 Å². The first kappa shape index (κ1) is 8.52. The van der Waals surface area contributed by atoms with E-state index in [0.29, 0.717) is 6.10 Å². The Morgan fingerprint density at radius 1 is 1.17 bits per heavy atom. The Balaban J connectivity index is 1.93. The summed E-state index contributed by atoms with van der Waals surface area (Å²) in [5.41, 5.74) is 0. The third-order valence-electron chi connectivity index (χ3n) is 3.52. The number of methoxy groups -OCH3 is 1. The molecule has 2 heteroatoms. The monoisotopic (exact) mass is 169 g/mol. The molecule has 1 aliphatic carbocycles. The molecule has 1 saturated heterocycles. The normalized spacial score (nSPS) is 43.0. The number of fused-ring (bicyclic) bond motifs is 1. The highest BCUT2D eigenvalue weighted by atomic mass is 16.5. The maximum Gasteiger partial charge on any atom is 0.0574 e. The van der Waals surface area contributed by atoms with Crippen molar-refractivity contribution in [3.05, 3.63) is 0 Å². The molecular formula is C10H19NO. The molecule has 70 valence electrons. The summed E-state index contributed by atoms with van der Waals surface area (Å²) in [5.74, 6) is 1.90. The van der Waals surface area contributed by atoms with E-state index in [0.717, 1.165) is 11.8 Å². The SMILES string of the molecule is COC1CC[C@@H]2CN(C)C[C@@H]2C1. The number of rotatable bonds is 1. The smallest absolute Gasteiger partial charge is 0.0574 e. The van der Waals surface area contributed by atoms with Crippen LogP contribution in [0, 0.1) is 11.8 Å². The fourth-order valence-corrected chi connectivity index (χ4v) is 2.84. The van der Waals surface area contributed by atoms with Gasteiger partial charge in [0.25, 0.3) is 0 Å². The van der Waals surface area contributed by atoms with Crippen molar-refractivity contribution < 1.29 is 4.74 Å². The zero-order valence-corrected chi connectivity index (χ0v) is 8.12. The third-order valence-corrected chi connectivity index (χ3v) is 3.52. The summed E-state index contributed by atoms with van der Waals surface area (Å²) in [7, 11) is 4.09. The maximum absolute atomic E-state index is 5.42. The molecule has 0 aromatic heterocycles. The minimum absolute atomic E-state index is 0.553. The van der Waals surface area contributed by atoms with E-state index in [4.69, 9.17) is 4.74 Å². The van der Waals surface area contributed by atoms with E-state index >= 15 is 0 Å². The molecule has 0 spiro atoms. The highest BCUT2D eigenvalue weighted by Crippen LogP contribution is 2.36. The Labute approximate surface area is 74.9 Å². The van der Waals surface area contributed by atoms with Crippen molar-refractivity contribution in [1.82, 2.24) is 4.90 Å². The summed E-state index contributed by atoms with van der Waals surface area (Å²) in [5, 5.41) is 0. The summed E-state index contributed by atoms with van der Waals surface area (Å²) in [6, 6.07) is 0. The first-order chi connectivity index (χ1) is 5.79. The molecule has 12 heavy (non-hydrogen) atoms. The summed E-state index contributed by atoms with van der Waals surface area (Å²) in [6.07, 6.45) is 4.52. The number of hydrogen-bond acceptors (Lipinski definition) is 2. The lowest BCUT2D eigenvalue weighted by Crippen LogP contribution is -2.27. The minimum Gasteiger partial charge on any atom is -0.381 e. The van der Waals surface area contributed by atoms with E-state index in [1.54, 1.807) is 0 Å². The van der Waals surface area contributed by atoms with E-state index in [1.165, 1.54) is 32.4 Å². The van der Waals surface area contributed by atoms with Crippen molar-refractivity contribution in [1.29, 1.82) is 0 Å². The highest BCUT2D eigenvalue weighted by Gasteiger charge is 2.36. The molecule has 2 fully saturated rings. The maximum atomic E-state index is 5.42. The van der Waals surface area contributed by atoms with Crippen LogP contribution in [0.15, 0.2) is 0 Å². The van der Waals surface area contributed by atoms with Gasteiger partial charge in [0.1, 0.15) is 0 Å². The Morgan fingerprint density at radius 3 is 2.67 bits per heavy atom. The molecule has 1 saturated carbocycles. The van der Waals surface area contributed by atoms with Gasteiger partial charge in [0.2, 0.25) is 0 Å². The van der Waals surface area contributed by atoms with Crippen molar-refractivity contribution >= 4 is 0 Å². The molecule has 0 N–H and O–H groups in total. The van der Waals surface area contributed by atoms with Crippen LogP contribution in [0.25, 0.3) is 0 Å². The van der Waals surface area contributed by atoms with E-state index in [9.17, 15) is 0 Å². The van der Waals surface area contributed by atoms with Gasteiger partial charge in [-0.3, -0.25) is 0 Å². The predicted molar refractivity (Wildman–Crippen MR) is 49.1 cm³/mol. The molecule has 1 heterocycles. The molecular weight excluding hydrogens is 150 g/mol. The molecule has 2 rings (SSSR count). The molecule has 1 aliphatic heterocycles. The van der Waals surface area contributed by atoms with Gasteiger partial charge in [0.15, 0.2) is 0 Å². The summed E-state index contributed by atoms with van der Waals surface area (Å²) < 4.78 is 5.42. The fraction of sp³-hybridized carbons (Fsp3) is 1.00. The second-order valence-corrected chi connectivity index (χ2v) is 4.41. The fourth-order valence-electron chi connectivity index (χ4n) is 2.84. The second-order valence-electron chi connectivity index (χ2n) is 4.41. The van der Waals surface area contributed by atoms with Crippen molar-refractivity contribution in [2.45, 2.75) is 25.4 Å². The van der Waals surface area contributed by atoms with E-state index < -0.39 is 0 Å². The van der Waals surface area contributed by atoms with E-state index in [-0.39, 0.29) is 0 Å². The average molecular weight is 169 g/mol. The lowest BCUT2D eigenvalue weighted by atomic mass is 9.80. The topological polar surface area (TPSA) is 12.5 Å². The minimum atomic E-state index is 0.553. The molecule has 0 amide bonds. The van der Waals surface area contributed by atoms with Gasteiger partial charge in [0, 0.05) is 20.2 Å². The van der Waals surface area contributed by atoms with Gasteiger partial charge in [-0.1, -0.05) is 0 Å². The number of ether oxygens (including phenoxy) is 1. The zero-order chi connectivity index (χ0) is 8.55. The standard InChI is InChI=1S/C10H19NO/c1-11-6-8-3-4-10(12-2)5-9(8)7-11/h8-10H,3-7H2,1-2H3/t8-,9+,10?/m1/s1. The van der Waals surface area contributed by atoms with Crippen LogP contribution in [-0.4, -0.2) is 38.3 Å². The van der Waals surface area contributed by atoms with Gasteiger partial charge in [-0.25, -0.2) is 0 Å². The number of hydrogen-bond donors (Lipinski definition) is 0. The molecule has 2 aliphatic rings. The molecule has 2 nitrogen and oxygen atoms in total. The van der Waals surface area contributed by atoms with Crippen LogP contribution in [-0.2, 0) is 4.74 Å². The van der Waals surface area contributed by atoms with Gasteiger partial charge >= 0.3 is 0 Å². The predicted octanol–water partition coefficient (Wildman–Crippen LogP) is 1.36. The zero-order valence-electron chi connectivity index (χ0n) is 8.12. The van der Waals surface area contributed by atoms with Gasteiger partial charge in [0.05, 0.1) is 6.10 Å². The average Bonchev–Trinajstić information content (AvgIpc) is 2.43. The Hall–Kier alpha value is -0.0800. The molecule has 3 atom stereocenters. The second kappa shape index (κ2) is 3.35. The van der Waals surface area contributed by atoms with E-state index in [1.807, 2.05) is 7.11 Å². The van der Waals surface area contributed by atoms with Crippen LogP contribution >= 0.6 is 0 Å². The Bertz CT molecular complexity index is 160. The van der Waals surface area contributed by atoms with Crippen LogP contribution in [0.1, 0.15) is 19.3 Å². The Morgan fingerprint density at radius 2 is 1.92 bits per heavy atom. The number of likely N-dealkylation sites (tertiary alicyclic amines) is 1. The van der Waals surface area contributed by atoms with Crippen LogP contribution in [0.3, 0.4) is 0 Å². The molecule has 0 aromatic rings.